The highest BCUT2D eigenvalue weighted by molar-refractivity contribution is 6.06. The quantitative estimate of drug-likeness (QED) is 0.720. The Morgan fingerprint density at radius 3 is 2.86 bits per heavy atom. The van der Waals surface area contributed by atoms with Crippen LogP contribution in [0.15, 0.2) is 39.8 Å². The second-order valence-electron chi connectivity index (χ2n) is 7.27. The van der Waals surface area contributed by atoms with E-state index in [1.807, 2.05) is 0 Å². The Kier molecular flexibility index (Phi) is 4.50. The molecule has 146 valence electrons. The smallest absolute Gasteiger partial charge is 0.262 e. The number of furan rings is 1. The van der Waals surface area contributed by atoms with Crippen molar-refractivity contribution in [1.82, 2.24) is 14.9 Å². The second-order valence-corrected chi connectivity index (χ2v) is 7.27. The lowest BCUT2D eigenvalue weighted by Gasteiger charge is -2.38. The average Bonchev–Trinajstić information content (AvgIpc) is 2.99. The summed E-state index contributed by atoms with van der Waals surface area (Å²) in [5.41, 5.74) is -0.373. The van der Waals surface area contributed by atoms with Gasteiger partial charge in [0.05, 0.1) is 17.5 Å². The molecule has 1 amide bonds. The van der Waals surface area contributed by atoms with Crippen molar-refractivity contribution in [3.8, 4) is 0 Å². The highest BCUT2D eigenvalue weighted by Gasteiger charge is 2.36. The van der Waals surface area contributed by atoms with Crippen LogP contribution in [0.3, 0.4) is 0 Å². The maximum absolute atomic E-state index is 13.4. The lowest BCUT2D eigenvalue weighted by Crippen LogP contribution is -2.48. The minimum Gasteiger partial charge on any atom is -0.442 e. The first-order chi connectivity index (χ1) is 13.4. The monoisotopic (exact) mass is 385 g/mol. The van der Waals surface area contributed by atoms with E-state index in [0.29, 0.717) is 38.1 Å². The molecule has 1 fully saturated rings. The third kappa shape index (κ3) is 3.31. The van der Waals surface area contributed by atoms with Gasteiger partial charge in [0.15, 0.2) is 0 Å². The first kappa shape index (κ1) is 18.4. The first-order valence-electron chi connectivity index (χ1n) is 9.09. The molecule has 0 unspecified atom stereocenters. The number of hydrogen-bond donors (Lipinski definition) is 2. The zero-order valence-electron chi connectivity index (χ0n) is 15.4. The minimum atomic E-state index is -1.00. The normalized spacial score (nSPS) is 16.5. The minimum absolute atomic E-state index is 0.129. The van der Waals surface area contributed by atoms with Gasteiger partial charge in [0, 0.05) is 19.5 Å². The molecule has 1 aliphatic rings. The van der Waals surface area contributed by atoms with E-state index in [1.165, 1.54) is 18.5 Å². The number of aliphatic hydroxyl groups is 1. The summed E-state index contributed by atoms with van der Waals surface area (Å²) in [4.78, 5) is 33.2. The van der Waals surface area contributed by atoms with E-state index in [9.17, 15) is 19.1 Å². The molecule has 8 heteroatoms. The van der Waals surface area contributed by atoms with E-state index < -0.39 is 11.2 Å². The summed E-state index contributed by atoms with van der Waals surface area (Å²) in [6, 6.07) is 6.17. The topological polar surface area (TPSA) is 99.4 Å². The number of benzene rings is 1. The molecule has 4 rings (SSSR count). The molecule has 7 nitrogen and oxygen atoms in total. The van der Waals surface area contributed by atoms with Gasteiger partial charge in [-0.25, -0.2) is 9.37 Å². The Morgan fingerprint density at radius 2 is 2.14 bits per heavy atom. The highest BCUT2D eigenvalue weighted by atomic mass is 19.1. The number of aromatic amines is 1. The maximum atomic E-state index is 13.4. The molecule has 28 heavy (non-hydrogen) atoms. The van der Waals surface area contributed by atoms with Crippen molar-refractivity contribution in [2.24, 2.45) is 0 Å². The second kappa shape index (κ2) is 6.87. The Morgan fingerprint density at radius 1 is 1.39 bits per heavy atom. The number of likely N-dealkylation sites (tertiary alicyclic amines) is 1. The molecule has 0 bridgehead atoms. The fraction of sp³-hybridized carbons (Fsp3) is 0.350. The number of halogens is 1. The van der Waals surface area contributed by atoms with Crippen LogP contribution in [0.4, 0.5) is 4.39 Å². The van der Waals surface area contributed by atoms with Crippen molar-refractivity contribution in [3.63, 3.8) is 0 Å². The molecule has 3 aromatic rings. The fourth-order valence-corrected chi connectivity index (χ4v) is 3.80. The van der Waals surface area contributed by atoms with Crippen LogP contribution >= 0.6 is 0 Å². The zero-order valence-corrected chi connectivity index (χ0v) is 15.4. The number of nitrogens with one attached hydrogen (secondary N) is 1. The number of aryl methyl sites for hydroxylation is 1. The molecule has 1 aromatic carbocycles. The van der Waals surface area contributed by atoms with Gasteiger partial charge in [0.2, 0.25) is 5.71 Å². The van der Waals surface area contributed by atoms with Gasteiger partial charge in [0.25, 0.3) is 11.5 Å². The highest BCUT2D eigenvalue weighted by Crippen LogP contribution is 2.29. The van der Waals surface area contributed by atoms with Crippen LogP contribution in [0.5, 0.6) is 0 Å². The van der Waals surface area contributed by atoms with Gasteiger partial charge in [-0.1, -0.05) is 12.1 Å². The average molecular weight is 385 g/mol. The van der Waals surface area contributed by atoms with E-state index in [2.05, 4.69) is 9.97 Å². The third-order valence-electron chi connectivity index (χ3n) is 5.29. The number of carbonyl (C=O) groups excluding carboxylic acids is 1. The van der Waals surface area contributed by atoms with Crippen molar-refractivity contribution < 1.29 is 18.7 Å². The summed E-state index contributed by atoms with van der Waals surface area (Å²) in [5.74, 6) is -0.317. The lowest BCUT2D eigenvalue weighted by molar-refractivity contribution is -0.0162. The number of carbonyl (C=O) groups is 1. The van der Waals surface area contributed by atoms with Gasteiger partial charge < -0.3 is 19.4 Å². The van der Waals surface area contributed by atoms with Crippen LogP contribution in [-0.2, 0) is 6.42 Å². The summed E-state index contributed by atoms with van der Waals surface area (Å²) in [6.07, 6.45) is 2.27. The molecule has 0 aliphatic carbocycles. The summed E-state index contributed by atoms with van der Waals surface area (Å²) in [5, 5.41) is 11.0. The molecular formula is C20H20FN3O4. The number of piperidine rings is 1. The zero-order chi connectivity index (χ0) is 19.9. The standard InChI is InChI=1S/C20H20FN3O4/c1-12-15(16-17(25)22-11-23-18(16)28-12)19(26)24-7-5-20(27,6-8-24)10-13-3-2-4-14(21)9-13/h2-4,9,11,27H,5-8,10H2,1H3,(H,22,23,25). The molecule has 0 saturated carbocycles. The van der Waals surface area contributed by atoms with Gasteiger partial charge in [0.1, 0.15) is 17.0 Å². The Balaban J connectivity index is 1.52. The van der Waals surface area contributed by atoms with E-state index in [-0.39, 0.29) is 28.4 Å². The number of H-pyrrole nitrogens is 1. The Hall–Kier alpha value is -3.00. The van der Waals surface area contributed by atoms with Gasteiger partial charge in [-0.15, -0.1) is 0 Å². The number of hydrogen-bond acceptors (Lipinski definition) is 5. The van der Waals surface area contributed by atoms with Crippen molar-refractivity contribution in [2.75, 3.05) is 13.1 Å². The van der Waals surface area contributed by atoms with Crippen LogP contribution in [0.25, 0.3) is 11.1 Å². The Bertz CT molecular complexity index is 1100. The molecule has 1 aliphatic heterocycles. The molecule has 1 saturated heterocycles. The van der Waals surface area contributed by atoms with Crippen LogP contribution in [0.2, 0.25) is 0 Å². The predicted molar refractivity (Wildman–Crippen MR) is 99.6 cm³/mol. The van der Waals surface area contributed by atoms with Crippen LogP contribution in [-0.4, -0.2) is 44.6 Å². The van der Waals surface area contributed by atoms with E-state index in [4.69, 9.17) is 4.42 Å². The molecule has 3 heterocycles. The van der Waals surface area contributed by atoms with Crippen LogP contribution in [0.1, 0.15) is 34.5 Å². The molecule has 2 N–H and O–H groups in total. The van der Waals surface area contributed by atoms with E-state index >= 15 is 0 Å². The van der Waals surface area contributed by atoms with Crippen molar-refractivity contribution in [3.05, 3.63) is 63.7 Å². The van der Waals surface area contributed by atoms with Gasteiger partial charge in [-0.2, -0.15) is 0 Å². The van der Waals surface area contributed by atoms with Crippen LogP contribution in [0, 0.1) is 12.7 Å². The summed E-state index contributed by atoms with van der Waals surface area (Å²) in [6.45, 7) is 2.28. The van der Waals surface area contributed by atoms with Gasteiger partial charge >= 0.3 is 0 Å². The number of aromatic nitrogens is 2. The SMILES string of the molecule is Cc1oc2nc[nH]c(=O)c2c1C(=O)N1CCC(O)(Cc2cccc(F)c2)CC1. The predicted octanol–water partition coefficient (Wildman–Crippen LogP) is 2.17. The molecular weight excluding hydrogens is 365 g/mol. The number of rotatable bonds is 3. The van der Waals surface area contributed by atoms with Crippen molar-refractivity contribution in [1.29, 1.82) is 0 Å². The van der Waals surface area contributed by atoms with Crippen molar-refractivity contribution >= 4 is 17.0 Å². The Labute approximate surface area is 159 Å². The van der Waals surface area contributed by atoms with Crippen molar-refractivity contribution in [2.45, 2.75) is 31.8 Å². The van der Waals surface area contributed by atoms with E-state index in [0.717, 1.165) is 5.56 Å². The third-order valence-corrected chi connectivity index (χ3v) is 5.29. The number of nitrogens with zero attached hydrogens (tertiary/aromatic N) is 2. The number of amides is 1. The van der Waals surface area contributed by atoms with Gasteiger partial charge in [-0.3, -0.25) is 9.59 Å². The summed E-state index contributed by atoms with van der Waals surface area (Å²) >= 11 is 0. The van der Waals surface area contributed by atoms with E-state index in [1.54, 1.807) is 24.0 Å². The molecule has 0 radical (unpaired) electrons. The van der Waals surface area contributed by atoms with Crippen LogP contribution < -0.4 is 5.56 Å². The molecule has 0 atom stereocenters. The number of fused-ring (bicyclic) bond motifs is 1. The lowest BCUT2D eigenvalue weighted by atomic mass is 9.85. The fourth-order valence-electron chi connectivity index (χ4n) is 3.80. The molecule has 2 aromatic heterocycles. The summed E-state index contributed by atoms with van der Waals surface area (Å²) < 4.78 is 18.9. The maximum Gasteiger partial charge on any atom is 0.262 e. The molecule has 0 spiro atoms. The largest absolute Gasteiger partial charge is 0.442 e. The van der Waals surface area contributed by atoms with Gasteiger partial charge in [-0.05, 0) is 37.5 Å². The first-order valence-corrected chi connectivity index (χ1v) is 9.09. The summed E-state index contributed by atoms with van der Waals surface area (Å²) in [7, 11) is 0.